The Hall–Kier alpha value is -8.22. The van der Waals surface area contributed by atoms with Gasteiger partial charge < -0.3 is 29.2 Å². The molecule has 0 fully saturated rings. The van der Waals surface area contributed by atoms with Gasteiger partial charge in [0.15, 0.2) is 0 Å². The van der Waals surface area contributed by atoms with Crippen LogP contribution < -0.4 is 18.9 Å². The number of carboxylic acids is 2. The number of hydrogen-bond donors (Lipinski definition) is 2. The summed E-state index contributed by atoms with van der Waals surface area (Å²) in [6.45, 7) is 1.08. The highest BCUT2D eigenvalue weighted by molar-refractivity contribution is 6.31. The minimum Gasteiger partial charge on any atom is -0.493 e. The highest BCUT2D eigenvalue weighted by atomic mass is 35.5. The van der Waals surface area contributed by atoms with E-state index in [4.69, 9.17) is 52.4 Å². The Morgan fingerprint density at radius 1 is 0.493 bits per heavy atom. The molecule has 10 rings (SSSR count). The number of benzene rings is 6. The first-order valence-corrected chi connectivity index (χ1v) is 21.5. The van der Waals surface area contributed by atoms with Crippen LogP contribution in [-0.2, 0) is 22.7 Å². The number of rotatable bonds is 17. The van der Waals surface area contributed by atoms with Crippen molar-refractivity contribution < 1.29 is 38.7 Å². The Morgan fingerprint density at radius 2 is 0.896 bits per heavy atom. The summed E-state index contributed by atoms with van der Waals surface area (Å²) in [7, 11) is 0. The third-order valence-corrected chi connectivity index (χ3v) is 10.5. The molecule has 67 heavy (non-hydrogen) atoms. The lowest BCUT2D eigenvalue weighted by Crippen LogP contribution is -2.11. The van der Waals surface area contributed by atoms with Crippen molar-refractivity contribution in [3.63, 3.8) is 0 Å². The van der Waals surface area contributed by atoms with E-state index in [1.54, 1.807) is 73.1 Å². The summed E-state index contributed by atoms with van der Waals surface area (Å²) in [6.07, 6.45) is 3.89. The lowest BCUT2D eigenvalue weighted by atomic mass is 10.2. The van der Waals surface area contributed by atoms with Crippen molar-refractivity contribution in [2.75, 3.05) is 26.4 Å². The summed E-state index contributed by atoms with van der Waals surface area (Å²) in [6, 6.07) is 36.6. The number of aromatic nitrogens is 10. The zero-order valence-electron chi connectivity index (χ0n) is 35.2. The first kappa shape index (κ1) is 44.0. The number of halogens is 2. The third-order valence-electron chi connectivity index (χ3n) is 10.1. The van der Waals surface area contributed by atoms with E-state index >= 15 is 0 Å². The van der Waals surface area contributed by atoms with Crippen LogP contribution in [0.15, 0.2) is 134 Å². The van der Waals surface area contributed by atoms with Crippen LogP contribution in [0, 0.1) is 0 Å². The Morgan fingerprint density at radius 3 is 1.34 bits per heavy atom. The van der Waals surface area contributed by atoms with Crippen LogP contribution in [0.2, 0.25) is 10.0 Å². The van der Waals surface area contributed by atoms with Gasteiger partial charge in [-0.25, -0.2) is 0 Å². The van der Waals surface area contributed by atoms with Crippen LogP contribution in [0.5, 0.6) is 23.0 Å². The number of ether oxygens (including phenoxy) is 4. The van der Waals surface area contributed by atoms with Crippen molar-refractivity contribution in [2.45, 2.75) is 19.5 Å². The van der Waals surface area contributed by atoms with Crippen molar-refractivity contribution in [1.82, 2.24) is 49.5 Å². The molecular weight excluding hydrogens is 903 g/mol. The first-order valence-electron chi connectivity index (χ1n) is 20.7. The fraction of sp³-hybridized carbons (Fsp3) is 0.149. The molecule has 338 valence electrons. The van der Waals surface area contributed by atoms with Crippen molar-refractivity contribution in [1.29, 1.82) is 0 Å². The lowest BCUT2D eigenvalue weighted by molar-refractivity contribution is -0.138. The molecule has 20 heteroatoms. The summed E-state index contributed by atoms with van der Waals surface area (Å²) >= 11 is 12.4. The number of aliphatic carboxylic acids is 2. The fourth-order valence-corrected chi connectivity index (χ4v) is 7.37. The maximum Gasteiger partial charge on any atom is 0.325 e. The summed E-state index contributed by atoms with van der Waals surface area (Å²) in [4.78, 5) is 24.9. The monoisotopic (exact) mass is 940 g/mol. The largest absolute Gasteiger partial charge is 0.493 e. The summed E-state index contributed by atoms with van der Waals surface area (Å²) in [5.41, 5.74) is 5.88. The van der Waals surface area contributed by atoms with Crippen molar-refractivity contribution in [2.24, 2.45) is 0 Å². The van der Waals surface area contributed by atoms with E-state index < -0.39 is 11.9 Å². The van der Waals surface area contributed by atoms with Crippen LogP contribution in [-0.4, -0.2) is 98.1 Å². The highest BCUT2D eigenvalue weighted by Gasteiger charge is 2.14. The molecule has 18 nitrogen and oxygen atoms in total. The van der Waals surface area contributed by atoms with Gasteiger partial charge in [-0.15, -0.1) is 30.0 Å². The minimum atomic E-state index is -0.947. The standard InChI is InChI=1S/C24H20ClN5O4.C23H18ClN5O4/c25-17-6-9-23(22(13-17)30-27-19-4-1-2-5-20(19)28-30)34-11-3-10-33-18-7-8-21-16(12-18)14-26-29(21)15-24(31)32;24-16-5-8-22(21(12-16)29-26-18-3-1-2-4-19(18)27-29)33-10-9-32-17-6-7-20-15(11-17)13-25-28(20)14-23(30)31/h1-2,4-9,12-14H,3,10-11,15H2,(H,31,32);1-8,11-13H,9-10,14H2,(H,30,31). The van der Waals surface area contributed by atoms with Crippen LogP contribution in [0.25, 0.3) is 55.2 Å². The van der Waals surface area contributed by atoms with Crippen LogP contribution in [0.3, 0.4) is 0 Å². The molecule has 0 atom stereocenters. The summed E-state index contributed by atoms with van der Waals surface area (Å²) < 4.78 is 26.4. The zero-order valence-corrected chi connectivity index (χ0v) is 36.7. The third kappa shape index (κ3) is 10.5. The predicted molar refractivity (Wildman–Crippen MR) is 249 cm³/mol. The molecule has 0 amide bonds. The van der Waals surface area contributed by atoms with Gasteiger partial charge in [-0.05, 0) is 97.1 Å². The average molecular weight is 942 g/mol. The van der Waals surface area contributed by atoms with Gasteiger partial charge in [0.1, 0.15) is 82.7 Å². The van der Waals surface area contributed by atoms with Gasteiger partial charge in [-0.3, -0.25) is 19.0 Å². The van der Waals surface area contributed by atoms with E-state index in [2.05, 4.69) is 30.6 Å². The van der Waals surface area contributed by atoms with E-state index in [0.717, 1.165) is 43.9 Å². The molecule has 0 aliphatic carbocycles. The van der Waals surface area contributed by atoms with E-state index in [1.807, 2.05) is 60.7 Å². The zero-order chi connectivity index (χ0) is 46.3. The second-order valence-corrected chi connectivity index (χ2v) is 15.6. The summed E-state index contributed by atoms with van der Waals surface area (Å²) in [5.74, 6) is 0.633. The van der Waals surface area contributed by atoms with Crippen LogP contribution in [0.1, 0.15) is 6.42 Å². The minimum absolute atomic E-state index is 0.183. The Bertz CT molecular complexity index is 3320. The molecule has 0 aliphatic heterocycles. The molecule has 0 radical (unpaired) electrons. The van der Waals surface area contributed by atoms with Crippen molar-refractivity contribution in [3.8, 4) is 34.4 Å². The molecule has 6 aromatic carbocycles. The second kappa shape index (κ2) is 19.9. The number of fused-ring (bicyclic) bond motifs is 4. The molecule has 0 bridgehead atoms. The quantitative estimate of drug-likeness (QED) is 0.0823. The van der Waals surface area contributed by atoms with E-state index in [-0.39, 0.29) is 19.7 Å². The second-order valence-electron chi connectivity index (χ2n) is 14.8. The average Bonchev–Trinajstić information content (AvgIpc) is 4.13. The first-order chi connectivity index (χ1) is 32.6. The van der Waals surface area contributed by atoms with Crippen LogP contribution >= 0.6 is 23.2 Å². The maximum absolute atomic E-state index is 10.9. The summed E-state index contributed by atoms with van der Waals surface area (Å²) in [5, 5.41) is 46.9. The van der Waals surface area contributed by atoms with Gasteiger partial charge in [-0.1, -0.05) is 47.5 Å². The molecular formula is C47H38Cl2N10O8. The predicted octanol–water partition coefficient (Wildman–Crippen LogP) is 8.32. The van der Waals surface area contributed by atoms with Gasteiger partial charge in [0.2, 0.25) is 0 Å². The molecule has 10 aromatic rings. The van der Waals surface area contributed by atoms with E-state index in [1.165, 1.54) is 19.0 Å². The highest BCUT2D eigenvalue weighted by Crippen LogP contribution is 2.29. The molecule has 0 unspecified atom stereocenters. The van der Waals surface area contributed by atoms with Crippen molar-refractivity contribution in [3.05, 3.63) is 144 Å². The normalized spacial score (nSPS) is 11.2. The van der Waals surface area contributed by atoms with Gasteiger partial charge >= 0.3 is 11.9 Å². The molecule has 0 saturated carbocycles. The van der Waals surface area contributed by atoms with Gasteiger partial charge in [0.25, 0.3) is 0 Å². The number of nitrogens with zero attached hydrogens (tertiary/aromatic N) is 10. The molecule has 0 saturated heterocycles. The van der Waals surface area contributed by atoms with Crippen LogP contribution in [0.4, 0.5) is 0 Å². The smallest absolute Gasteiger partial charge is 0.325 e. The SMILES string of the molecule is O=C(O)Cn1ncc2cc(OCCCOc3ccc(Cl)cc3-n3nc4ccccc4n3)ccc21.O=C(O)Cn1ncc2cc(OCCOc3ccc(Cl)cc3-n3nc4ccccc4n3)ccc21. The van der Waals surface area contributed by atoms with Gasteiger partial charge in [0.05, 0.1) is 36.6 Å². The van der Waals surface area contributed by atoms with E-state index in [9.17, 15) is 9.59 Å². The lowest BCUT2D eigenvalue weighted by Gasteiger charge is -2.12. The topological polar surface area (TPSA) is 209 Å². The molecule has 0 spiro atoms. The Kier molecular flexibility index (Phi) is 13.1. The molecule has 0 aliphatic rings. The van der Waals surface area contributed by atoms with Crippen molar-refractivity contribution >= 4 is 79.0 Å². The number of hydrogen-bond acceptors (Lipinski definition) is 12. The maximum atomic E-state index is 10.9. The number of carboxylic acid groups (broad SMARTS) is 2. The Balaban J connectivity index is 0.000000168. The number of carbonyl (C=O) groups is 2. The molecule has 4 heterocycles. The molecule has 2 N–H and O–H groups in total. The fourth-order valence-electron chi connectivity index (χ4n) is 7.03. The van der Waals surface area contributed by atoms with E-state index in [0.29, 0.717) is 70.7 Å². The van der Waals surface area contributed by atoms with Gasteiger partial charge in [-0.2, -0.15) is 10.2 Å². The van der Waals surface area contributed by atoms with Gasteiger partial charge in [0, 0.05) is 27.2 Å². The Labute approximate surface area is 390 Å². The molecule has 4 aromatic heterocycles.